The number of pyridine rings is 1. The van der Waals surface area contributed by atoms with Crippen molar-refractivity contribution >= 4 is 37.9 Å². The zero-order valence-corrected chi connectivity index (χ0v) is 14.9. The maximum atomic E-state index is 12.3. The van der Waals surface area contributed by atoms with Gasteiger partial charge in [0, 0.05) is 34.4 Å². The van der Waals surface area contributed by atoms with E-state index in [0.717, 1.165) is 51.7 Å². The molecule has 3 heterocycles. The van der Waals surface area contributed by atoms with Crippen molar-refractivity contribution in [3.8, 4) is 5.75 Å². The number of thiophene rings is 1. The van der Waals surface area contributed by atoms with Gasteiger partial charge in [0.15, 0.2) is 0 Å². The second kappa shape index (κ2) is 6.63. The van der Waals surface area contributed by atoms with Gasteiger partial charge in [-0.15, -0.1) is 11.3 Å². The van der Waals surface area contributed by atoms with E-state index in [1.54, 1.807) is 7.11 Å². The lowest BCUT2D eigenvalue weighted by molar-refractivity contribution is 0.413. The van der Waals surface area contributed by atoms with Crippen molar-refractivity contribution in [2.24, 2.45) is 5.73 Å². The van der Waals surface area contributed by atoms with Gasteiger partial charge in [-0.25, -0.2) is 0 Å². The standard InChI is InChI=1S/C19H21N3O2S/c1-24-15-3-2-14-17(13-6-9-25-18(13)19(23)22-14)16(15)11-5-8-21-12(10-11)4-7-20/h2-3,5-6,9,12,21H,4,7-8,10,20H2,1H3,(H,22,23). The van der Waals surface area contributed by atoms with Crippen LogP contribution in [0.5, 0.6) is 5.75 Å². The molecule has 1 aliphatic rings. The molecule has 0 aliphatic carbocycles. The van der Waals surface area contributed by atoms with Crippen LogP contribution in [0.4, 0.5) is 0 Å². The summed E-state index contributed by atoms with van der Waals surface area (Å²) < 4.78 is 6.44. The van der Waals surface area contributed by atoms with E-state index >= 15 is 0 Å². The van der Waals surface area contributed by atoms with Crippen LogP contribution in [-0.2, 0) is 0 Å². The third-order valence-electron chi connectivity index (χ3n) is 4.83. The lowest BCUT2D eigenvalue weighted by atomic mass is 9.90. The van der Waals surface area contributed by atoms with E-state index in [-0.39, 0.29) is 5.56 Å². The van der Waals surface area contributed by atoms with Gasteiger partial charge in [0.05, 0.1) is 7.11 Å². The summed E-state index contributed by atoms with van der Waals surface area (Å²) >= 11 is 1.47. The van der Waals surface area contributed by atoms with E-state index in [2.05, 4.69) is 16.4 Å². The van der Waals surface area contributed by atoms with E-state index < -0.39 is 0 Å². The molecular formula is C19H21N3O2S. The molecule has 3 aromatic rings. The summed E-state index contributed by atoms with van der Waals surface area (Å²) in [5, 5.41) is 7.52. The van der Waals surface area contributed by atoms with Gasteiger partial charge in [-0.05, 0) is 48.5 Å². The highest BCUT2D eigenvalue weighted by Gasteiger charge is 2.22. The summed E-state index contributed by atoms with van der Waals surface area (Å²) in [7, 11) is 1.69. The number of fused-ring (bicyclic) bond motifs is 3. The van der Waals surface area contributed by atoms with Crippen molar-refractivity contribution in [3.05, 3.63) is 45.6 Å². The lowest BCUT2D eigenvalue weighted by Crippen LogP contribution is -2.34. The fourth-order valence-electron chi connectivity index (χ4n) is 3.70. The molecule has 130 valence electrons. The third kappa shape index (κ3) is 2.76. The molecule has 6 heteroatoms. The molecule has 0 amide bonds. The van der Waals surface area contributed by atoms with E-state index in [1.807, 2.05) is 23.6 Å². The first-order valence-corrected chi connectivity index (χ1v) is 9.34. The zero-order valence-electron chi connectivity index (χ0n) is 14.1. The second-order valence-electron chi connectivity index (χ2n) is 6.30. The third-order valence-corrected chi connectivity index (χ3v) is 5.75. The average Bonchev–Trinajstić information content (AvgIpc) is 3.12. The maximum absolute atomic E-state index is 12.3. The summed E-state index contributed by atoms with van der Waals surface area (Å²) in [5.74, 6) is 0.840. The van der Waals surface area contributed by atoms with Gasteiger partial charge in [0.2, 0.25) is 0 Å². The summed E-state index contributed by atoms with van der Waals surface area (Å²) in [6, 6.07) is 6.26. The van der Waals surface area contributed by atoms with E-state index in [4.69, 9.17) is 10.5 Å². The van der Waals surface area contributed by atoms with Gasteiger partial charge in [-0.3, -0.25) is 4.79 Å². The normalized spacial score (nSPS) is 17.8. The molecule has 1 unspecified atom stereocenters. The molecular weight excluding hydrogens is 334 g/mol. The van der Waals surface area contributed by atoms with Crippen molar-refractivity contribution in [1.82, 2.24) is 10.3 Å². The number of hydrogen-bond donors (Lipinski definition) is 3. The Balaban J connectivity index is 2.00. The fourth-order valence-corrected chi connectivity index (χ4v) is 4.49. The number of H-pyrrole nitrogens is 1. The minimum absolute atomic E-state index is 0.0334. The van der Waals surface area contributed by atoms with Gasteiger partial charge in [0.25, 0.3) is 5.56 Å². The first-order valence-electron chi connectivity index (χ1n) is 8.46. The Morgan fingerprint density at radius 1 is 1.36 bits per heavy atom. The number of hydrogen-bond acceptors (Lipinski definition) is 5. The number of aromatic nitrogens is 1. The van der Waals surface area contributed by atoms with Crippen LogP contribution in [0.15, 0.2) is 34.4 Å². The first-order chi connectivity index (χ1) is 12.2. The predicted octanol–water partition coefficient (Wildman–Crippen LogP) is 2.85. The van der Waals surface area contributed by atoms with Crippen molar-refractivity contribution < 1.29 is 4.74 Å². The van der Waals surface area contributed by atoms with Crippen molar-refractivity contribution in [2.45, 2.75) is 18.9 Å². The monoisotopic (exact) mass is 355 g/mol. The minimum Gasteiger partial charge on any atom is -0.496 e. The Hall–Kier alpha value is -2.15. The molecule has 1 atom stereocenters. The highest BCUT2D eigenvalue weighted by atomic mass is 32.1. The molecule has 0 spiro atoms. The highest BCUT2D eigenvalue weighted by Crippen LogP contribution is 2.39. The van der Waals surface area contributed by atoms with Gasteiger partial charge < -0.3 is 20.8 Å². The first kappa shape index (κ1) is 16.3. The Morgan fingerprint density at radius 2 is 2.24 bits per heavy atom. The van der Waals surface area contributed by atoms with Crippen molar-refractivity contribution in [3.63, 3.8) is 0 Å². The predicted molar refractivity (Wildman–Crippen MR) is 105 cm³/mol. The van der Waals surface area contributed by atoms with Crippen LogP contribution in [0.3, 0.4) is 0 Å². The van der Waals surface area contributed by atoms with E-state index in [1.165, 1.54) is 16.9 Å². The Bertz CT molecular complexity index is 1020. The van der Waals surface area contributed by atoms with Gasteiger partial charge in [-0.2, -0.15) is 0 Å². The minimum atomic E-state index is -0.0334. The molecule has 0 fully saturated rings. The van der Waals surface area contributed by atoms with Crippen LogP contribution < -0.4 is 21.3 Å². The Kier molecular flexibility index (Phi) is 4.33. The number of nitrogens with one attached hydrogen (secondary N) is 2. The number of benzene rings is 1. The van der Waals surface area contributed by atoms with Gasteiger partial charge in [0.1, 0.15) is 10.4 Å². The van der Waals surface area contributed by atoms with E-state index in [0.29, 0.717) is 12.6 Å². The van der Waals surface area contributed by atoms with Crippen molar-refractivity contribution in [2.75, 3.05) is 20.2 Å². The molecule has 1 aliphatic heterocycles. The zero-order chi connectivity index (χ0) is 17.4. The van der Waals surface area contributed by atoms with Gasteiger partial charge in [-0.1, -0.05) is 6.08 Å². The summed E-state index contributed by atoms with van der Waals surface area (Å²) in [6.45, 7) is 1.48. The molecule has 0 bridgehead atoms. The lowest BCUT2D eigenvalue weighted by Gasteiger charge is -2.26. The second-order valence-corrected chi connectivity index (χ2v) is 7.22. The molecule has 4 rings (SSSR count). The Morgan fingerprint density at radius 3 is 3.04 bits per heavy atom. The molecule has 4 N–H and O–H groups in total. The molecule has 1 aromatic carbocycles. The Labute approximate surface area is 149 Å². The quantitative estimate of drug-likeness (QED) is 0.672. The van der Waals surface area contributed by atoms with E-state index in [9.17, 15) is 4.79 Å². The summed E-state index contributed by atoms with van der Waals surface area (Å²) in [4.78, 5) is 15.3. The molecule has 2 aromatic heterocycles. The molecule has 0 saturated carbocycles. The summed E-state index contributed by atoms with van der Waals surface area (Å²) in [6.07, 6.45) is 4.06. The smallest absolute Gasteiger partial charge is 0.266 e. The molecule has 5 nitrogen and oxygen atoms in total. The molecule has 0 saturated heterocycles. The summed E-state index contributed by atoms with van der Waals surface area (Å²) in [5.41, 5.74) is 8.90. The number of rotatable bonds is 4. The van der Waals surface area contributed by atoms with Crippen molar-refractivity contribution in [1.29, 1.82) is 0 Å². The molecule has 0 radical (unpaired) electrons. The van der Waals surface area contributed by atoms with Crippen LogP contribution in [0.2, 0.25) is 0 Å². The van der Waals surface area contributed by atoms with Crippen LogP contribution in [-0.4, -0.2) is 31.2 Å². The molecule has 25 heavy (non-hydrogen) atoms. The average molecular weight is 355 g/mol. The van der Waals surface area contributed by atoms with Crippen LogP contribution >= 0.6 is 11.3 Å². The number of nitrogens with two attached hydrogens (primary N) is 1. The largest absolute Gasteiger partial charge is 0.496 e. The number of ether oxygens (including phenoxy) is 1. The van der Waals surface area contributed by atoms with Crippen LogP contribution in [0.1, 0.15) is 18.4 Å². The topological polar surface area (TPSA) is 80.1 Å². The number of methoxy groups -OCH3 is 1. The number of aromatic amines is 1. The fraction of sp³-hybridized carbons (Fsp3) is 0.316. The van der Waals surface area contributed by atoms with Gasteiger partial charge >= 0.3 is 0 Å². The van der Waals surface area contributed by atoms with Crippen LogP contribution in [0.25, 0.3) is 26.6 Å². The maximum Gasteiger partial charge on any atom is 0.266 e. The van der Waals surface area contributed by atoms with Crippen LogP contribution in [0, 0.1) is 0 Å². The highest BCUT2D eigenvalue weighted by molar-refractivity contribution is 7.17. The SMILES string of the molecule is COc1ccc2[nH]c(=O)c3sccc3c2c1C1=CCNC(CCN)C1.